The smallest absolute Gasteiger partial charge is 0.264 e. The van der Waals surface area contributed by atoms with Gasteiger partial charge in [0.1, 0.15) is 0 Å². The highest BCUT2D eigenvalue weighted by atomic mass is 35.5. The average molecular weight is 610 g/mol. The highest BCUT2D eigenvalue weighted by molar-refractivity contribution is 6.71. The van der Waals surface area contributed by atoms with Crippen molar-refractivity contribution in [2.75, 3.05) is 23.0 Å². The number of aryl methyl sites for hydroxylation is 1. The van der Waals surface area contributed by atoms with Crippen LogP contribution >= 0.6 is 11.6 Å². The second-order valence-corrected chi connectivity index (χ2v) is 16.5. The number of fused-ring (bicyclic) bond motifs is 2. The van der Waals surface area contributed by atoms with Crippen LogP contribution in [0.5, 0.6) is 0 Å². The number of nitrogens with zero attached hydrogens (tertiary/aromatic N) is 5. The molecule has 2 aromatic carbocycles. The number of carbonyl (C=O) groups is 2. The zero-order valence-electron chi connectivity index (χ0n) is 24.0. The SMILES string of the molecule is C[C@@H]1[C@@H]([Si](C)(C)O)[C@H](CCn2cc(CCO)nn2)O[C@@]12C(=O)N(Cc1cccc(N3CCC3=O)c1)c1ccc(Cl)cc12. The number of hydrogen-bond acceptors (Lipinski definition) is 7. The lowest BCUT2D eigenvalue weighted by molar-refractivity contribution is -0.146. The number of carbonyl (C=O) groups excluding carboxylic acids is 2. The van der Waals surface area contributed by atoms with Crippen molar-refractivity contribution in [3.05, 3.63) is 70.5 Å². The summed E-state index contributed by atoms with van der Waals surface area (Å²) in [7, 11) is -2.82. The fraction of sp³-hybridized carbons (Fsp3) is 0.467. The molecule has 3 aliphatic rings. The molecule has 4 atom stereocenters. The number of halogens is 1. The first-order chi connectivity index (χ1) is 20.0. The Kier molecular flexibility index (Phi) is 7.51. The van der Waals surface area contributed by atoms with Crippen molar-refractivity contribution in [2.24, 2.45) is 5.92 Å². The molecule has 1 aromatic heterocycles. The number of aliphatic hydroxyl groups excluding tert-OH is 1. The number of aromatic nitrogens is 3. The van der Waals surface area contributed by atoms with E-state index in [0.29, 0.717) is 49.6 Å². The first-order valence-electron chi connectivity index (χ1n) is 14.4. The topological polar surface area (TPSA) is 121 Å². The molecule has 0 saturated carbocycles. The maximum Gasteiger partial charge on any atom is 0.264 e. The normalized spacial score (nSPS) is 25.4. The Morgan fingerprint density at radius 3 is 2.69 bits per heavy atom. The van der Waals surface area contributed by atoms with Crippen LogP contribution in [0.25, 0.3) is 0 Å². The van der Waals surface area contributed by atoms with Crippen LogP contribution in [0, 0.1) is 5.92 Å². The van der Waals surface area contributed by atoms with Gasteiger partial charge in [0.15, 0.2) is 13.9 Å². The van der Waals surface area contributed by atoms with Gasteiger partial charge in [-0.25, -0.2) is 0 Å². The second kappa shape index (κ2) is 10.9. The third-order valence-electron chi connectivity index (χ3n) is 8.96. The molecule has 6 rings (SSSR count). The molecule has 2 saturated heterocycles. The van der Waals surface area contributed by atoms with Gasteiger partial charge in [-0.15, -0.1) is 5.10 Å². The first kappa shape index (κ1) is 29.0. The summed E-state index contributed by atoms with van der Waals surface area (Å²) in [6, 6.07) is 13.2. The lowest BCUT2D eigenvalue weighted by atomic mass is 9.82. The van der Waals surface area contributed by atoms with Crippen LogP contribution in [0.4, 0.5) is 11.4 Å². The predicted molar refractivity (Wildman–Crippen MR) is 161 cm³/mol. The summed E-state index contributed by atoms with van der Waals surface area (Å²) in [6.07, 6.45) is 2.92. The molecule has 1 spiro atoms. The fourth-order valence-corrected chi connectivity index (χ4v) is 9.78. The van der Waals surface area contributed by atoms with E-state index in [9.17, 15) is 19.5 Å². The molecule has 0 bridgehead atoms. The number of anilines is 2. The molecular formula is C30H36ClN5O5Si. The number of aliphatic hydroxyl groups is 1. The van der Waals surface area contributed by atoms with Gasteiger partial charge in [-0.05, 0) is 55.4 Å². The Hall–Kier alpha value is -3.09. The molecule has 3 aliphatic heterocycles. The summed E-state index contributed by atoms with van der Waals surface area (Å²) < 4.78 is 8.59. The van der Waals surface area contributed by atoms with E-state index in [1.807, 2.05) is 56.4 Å². The molecule has 4 heterocycles. The van der Waals surface area contributed by atoms with E-state index in [1.54, 1.807) is 26.7 Å². The maximum atomic E-state index is 14.6. The van der Waals surface area contributed by atoms with Crippen LogP contribution in [0.15, 0.2) is 48.7 Å². The predicted octanol–water partition coefficient (Wildman–Crippen LogP) is 3.64. The number of ether oxygens (including phenoxy) is 1. The minimum Gasteiger partial charge on any atom is -0.432 e. The van der Waals surface area contributed by atoms with Gasteiger partial charge in [-0.2, -0.15) is 0 Å². The van der Waals surface area contributed by atoms with Gasteiger partial charge in [0, 0.05) is 66.5 Å². The lowest BCUT2D eigenvalue weighted by Gasteiger charge is -2.32. The molecule has 3 aromatic rings. The second-order valence-electron chi connectivity index (χ2n) is 12.1. The quantitative estimate of drug-likeness (QED) is 0.281. The van der Waals surface area contributed by atoms with E-state index in [2.05, 4.69) is 10.3 Å². The van der Waals surface area contributed by atoms with Gasteiger partial charge in [0.05, 0.1) is 24.0 Å². The third-order valence-corrected chi connectivity index (χ3v) is 11.7. The van der Waals surface area contributed by atoms with Crippen LogP contribution in [-0.2, 0) is 39.4 Å². The largest absolute Gasteiger partial charge is 0.432 e. The summed E-state index contributed by atoms with van der Waals surface area (Å²) in [5, 5.41) is 18.0. The number of β-lactam (4-membered cyclic amide) rings is 1. The third kappa shape index (κ3) is 4.86. The van der Waals surface area contributed by atoms with E-state index < -0.39 is 20.0 Å². The fourth-order valence-electron chi connectivity index (χ4n) is 7.01. The lowest BCUT2D eigenvalue weighted by Crippen LogP contribution is -2.46. The summed E-state index contributed by atoms with van der Waals surface area (Å²) in [5.41, 5.74) is 2.37. The van der Waals surface area contributed by atoms with Gasteiger partial charge < -0.3 is 24.4 Å². The average Bonchev–Trinajstić information content (AvgIpc) is 3.57. The van der Waals surface area contributed by atoms with Crippen LogP contribution in [-0.4, -0.2) is 64.3 Å². The van der Waals surface area contributed by atoms with Gasteiger partial charge in [0.2, 0.25) is 5.91 Å². The Bertz CT molecular complexity index is 1530. The van der Waals surface area contributed by atoms with Crippen molar-refractivity contribution < 1.29 is 24.2 Å². The molecule has 12 heteroatoms. The molecule has 0 aliphatic carbocycles. The number of rotatable bonds is 9. The van der Waals surface area contributed by atoms with Gasteiger partial charge >= 0.3 is 0 Å². The minimum absolute atomic E-state index is 0.00189. The monoisotopic (exact) mass is 609 g/mol. The van der Waals surface area contributed by atoms with Crippen molar-refractivity contribution in [3.63, 3.8) is 0 Å². The summed E-state index contributed by atoms with van der Waals surface area (Å²) >= 11 is 6.51. The Labute approximate surface area is 251 Å². The molecule has 10 nitrogen and oxygen atoms in total. The molecule has 2 fully saturated rings. The van der Waals surface area contributed by atoms with E-state index in [0.717, 1.165) is 22.5 Å². The van der Waals surface area contributed by atoms with Gasteiger partial charge in [-0.1, -0.05) is 35.9 Å². The first-order valence-corrected chi connectivity index (χ1v) is 17.8. The number of benzene rings is 2. The molecule has 42 heavy (non-hydrogen) atoms. The highest BCUT2D eigenvalue weighted by Gasteiger charge is 2.66. The van der Waals surface area contributed by atoms with E-state index in [4.69, 9.17) is 16.3 Å². The van der Waals surface area contributed by atoms with Crippen LogP contribution in [0.1, 0.15) is 36.6 Å². The minimum atomic E-state index is -2.82. The van der Waals surface area contributed by atoms with Crippen LogP contribution < -0.4 is 9.80 Å². The summed E-state index contributed by atoms with van der Waals surface area (Å²) in [6.45, 7) is 7.30. The van der Waals surface area contributed by atoms with Crippen molar-refractivity contribution in [2.45, 2.75) is 69.6 Å². The Balaban J connectivity index is 1.33. The van der Waals surface area contributed by atoms with Crippen molar-refractivity contribution in [3.8, 4) is 0 Å². The Morgan fingerprint density at radius 2 is 2.00 bits per heavy atom. The van der Waals surface area contributed by atoms with E-state index in [1.165, 1.54) is 0 Å². The molecule has 2 N–H and O–H groups in total. The molecular weight excluding hydrogens is 574 g/mol. The standard InChI is InChI=1S/C30H36ClN5O5Si/c1-19-28(42(2,3)40)26(9-12-34-18-22(11-14-37)32-33-34)41-30(19)24-16-21(31)7-8-25(24)36(29(30)39)17-20-5-4-6-23(15-20)35-13-10-27(35)38/h4-8,15-16,18-19,26,28,37,40H,9-14,17H2,1-3H3/t19-,26+,28-,30+/m1/s1. The zero-order valence-corrected chi connectivity index (χ0v) is 25.8. The summed E-state index contributed by atoms with van der Waals surface area (Å²) in [4.78, 5) is 41.7. The van der Waals surface area contributed by atoms with Crippen molar-refractivity contribution in [1.29, 1.82) is 0 Å². The number of amides is 2. The zero-order chi connectivity index (χ0) is 29.8. The molecule has 2 amide bonds. The Morgan fingerprint density at radius 1 is 1.19 bits per heavy atom. The van der Waals surface area contributed by atoms with Gasteiger partial charge in [-0.3, -0.25) is 14.3 Å². The maximum absolute atomic E-state index is 14.6. The van der Waals surface area contributed by atoms with Crippen molar-refractivity contribution in [1.82, 2.24) is 15.0 Å². The number of hydrogen-bond donors (Lipinski definition) is 2. The van der Waals surface area contributed by atoms with Crippen LogP contribution in [0.2, 0.25) is 23.7 Å². The summed E-state index contributed by atoms with van der Waals surface area (Å²) in [5.74, 6) is -0.385. The molecule has 0 unspecified atom stereocenters. The van der Waals surface area contributed by atoms with E-state index >= 15 is 0 Å². The molecule has 0 radical (unpaired) electrons. The highest BCUT2D eigenvalue weighted by Crippen LogP contribution is 2.60. The van der Waals surface area contributed by atoms with Crippen molar-refractivity contribution >= 4 is 43.1 Å². The molecule has 222 valence electrons. The van der Waals surface area contributed by atoms with Gasteiger partial charge in [0.25, 0.3) is 5.91 Å². The van der Waals surface area contributed by atoms with Crippen LogP contribution in [0.3, 0.4) is 0 Å². The van der Waals surface area contributed by atoms with E-state index in [-0.39, 0.29) is 29.9 Å².